The van der Waals surface area contributed by atoms with Gasteiger partial charge >= 0.3 is 6.01 Å². The number of alkyl halides is 2. The van der Waals surface area contributed by atoms with Crippen molar-refractivity contribution >= 4 is 17.5 Å². The zero-order valence-corrected chi connectivity index (χ0v) is 17.9. The van der Waals surface area contributed by atoms with Gasteiger partial charge in [0.25, 0.3) is 5.92 Å². The van der Waals surface area contributed by atoms with Crippen LogP contribution in [-0.4, -0.2) is 47.0 Å². The fourth-order valence-corrected chi connectivity index (χ4v) is 3.98. The molecule has 172 valence electrons. The third kappa shape index (κ3) is 4.69. The molecular formula is C23H22F2N5O3-. The van der Waals surface area contributed by atoms with E-state index >= 15 is 0 Å². The number of carbonyl (C=O) groups excluding carboxylic acids is 1. The quantitative estimate of drug-likeness (QED) is 0.577. The van der Waals surface area contributed by atoms with Crippen LogP contribution >= 0.6 is 0 Å². The van der Waals surface area contributed by atoms with Crippen LogP contribution in [0.4, 0.5) is 20.3 Å². The Bertz CT molecular complexity index is 1190. The van der Waals surface area contributed by atoms with Gasteiger partial charge in [-0.2, -0.15) is 4.98 Å². The Morgan fingerprint density at radius 2 is 2.00 bits per heavy atom. The summed E-state index contributed by atoms with van der Waals surface area (Å²) in [7, 11) is 1.40. The summed E-state index contributed by atoms with van der Waals surface area (Å²) in [6.07, 6.45) is 3.21. The molecule has 10 heteroatoms. The van der Waals surface area contributed by atoms with Gasteiger partial charge in [0.2, 0.25) is 0 Å². The maximum absolute atomic E-state index is 13.7. The topological polar surface area (TPSA) is 117 Å². The molecule has 2 N–H and O–H groups in total. The van der Waals surface area contributed by atoms with Gasteiger partial charge in [-0.25, -0.2) is 18.7 Å². The number of carboxylic acids is 1. The third-order valence-electron chi connectivity index (χ3n) is 5.63. The SMILES string of the molecule is COc1ncc(C(=O)[O-])c(CCc2ccccc2-c2ccnc(N3CCC(F)(F)C3)c2N)n1. The minimum Gasteiger partial charge on any atom is -0.545 e. The molecule has 4 rings (SSSR count). The largest absolute Gasteiger partial charge is 0.545 e. The van der Waals surface area contributed by atoms with Crippen LogP contribution < -0.4 is 20.5 Å². The van der Waals surface area contributed by atoms with Gasteiger partial charge in [0.05, 0.1) is 31.0 Å². The molecule has 0 radical (unpaired) electrons. The van der Waals surface area contributed by atoms with Crippen LogP contribution in [0.5, 0.6) is 6.01 Å². The highest BCUT2D eigenvalue weighted by Crippen LogP contribution is 2.38. The van der Waals surface area contributed by atoms with E-state index in [4.69, 9.17) is 10.5 Å². The molecule has 3 aromatic rings. The number of nitrogens with two attached hydrogens (primary N) is 1. The molecule has 1 saturated heterocycles. The van der Waals surface area contributed by atoms with E-state index < -0.39 is 18.4 Å². The van der Waals surface area contributed by atoms with Gasteiger partial charge in [0.1, 0.15) is 0 Å². The number of aromatic carboxylic acids is 1. The van der Waals surface area contributed by atoms with E-state index in [1.807, 2.05) is 24.3 Å². The Kier molecular flexibility index (Phi) is 6.08. The van der Waals surface area contributed by atoms with Crippen molar-refractivity contribution in [2.45, 2.75) is 25.2 Å². The summed E-state index contributed by atoms with van der Waals surface area (Å²) in [6, 6.07) is 9.29. The van der Waals surface area contributed by atoms with Gasteiger partial charge in [-0.1, -0.05) is 24.3 Å². The summed E-state index contributed by atoms with van der Waals surface area (Å²) in [4.78, 5) is 25.2. The molecular weight excluding hydrogens is 432 g/mol. The van der Waals surface area contributed by atoms with E-state index in [2.05, 4.69) is 15.0 Å². The molecule has 0 unspecified atom stereocenters. The number of nitrogens with zero attached hydrogens (tertiary/aromatic N) is 4. The second-order valence-electron chi connectivity index (χ2n) is 7.78. The number of anilines is 2. The summed E-state index contributed by atoms with van der Waals surface area (Å²) in [6.45, 7) is -0.242. The first-order valence-corrected chi connectivity index (χ1v) is 10.4. The smallest absolute Gasteiger partial charge is 0.316 e. The Hall–Kier alpha value is -3.82. The monoisotopic (exact) mass is 454 g/mol. The van der Waals surface area contributed by atoms with E-state index in [1.54, 1.807) is 12.3 Å². The molecule has 1 aromatic carbocycles. The Balaban J connectivity index is 1.65. The summed E-state index contributed by atoms with van der Waals surface area (Å²) < 4.78 is 32.5. The predicted molar refractivity (Wildman–Crippen MR) is 116 cm³/mol. The van der Waals surface area contributed by atoms with Crippen LogP contribution in [0.3, 0.4) is 0 Å². The molecule has 0 atom stereocenters. The number of aryl methyl sites for hydroxylation is 2. The molecule has 8 nitrogen and oxygen atoms in total. The molecule has 0 saturated carbocycles. The van der Waals surface area contributed by atoms with Gasteiger partial charge in [0.15, 0.2) is 5.82 Å². The number of pyridine rings is 1. The highest BCUT2D eigenvalue weighted by molar-refractivity contribution is 5.87. The van der Waals surface area contributed by atoms with Crippen LogP contribution in [0.15, 0.2) is 42.7 Å². The molecule has 3 heterocycles. The van der Waals surface area contributed by atoms with Crippen LogP contribution in [0.2, 0.25) is 0 Å². The lowest BCUT2D eigenvalue weighted by Crippen LogP contribution is -2.26. The van der Waals surface area contributed by atoms with Crippen molar-refractivity contribution in [1.29, 1.82) is 0 Å². The molecule has 0 aliphatic carbocycles. The van der Waals surface area contributed by atoms with Crippen molar-refractivity contribution in [2.24, 2.45) is 0 Å². The highest BCUT2D eigenvalue weighted by atomic mass is 19.3. The lowest BCUT2D eigenvalue weighted by Gasteiger charge is -2.21. The van der Waals surface area contributed by atoms with Crippen LogP contribution in [0, 0.1) is 0 Å². The number of methoxy groups -OCH3 is 1. The lowest BCUT2D eigenvalue weighted by atomic mass is 9.95. The maximum atomic E-state index is 13.7. The van der Waals surface area contributed by atoms with Crippen molar-refractivity contribution in [2.75, 3.05) is 30.8 Å². The van der Waals surface area contributed by atoms with Gasteiger partial charge < -0.3 is 25.3 Å². The third-order valence-corrected chi connectivity index (χ3v) is 5.63. The number of ether oxygens (including phenoxy) is 1. The number of rotatable bonds is 7. The molecule has 1 fully saturated rings. The predicted octanol–water partition coefficient (Wildman–Crippen LogP) is 2.12. The van der Waals surface area contributed by atoms with Crippen molar-refractivity contribution in [3.05, 3.63) is 59.5 Å². The Labute approximate surface area is 189 Å². The van der Waals surface area contributed by atoms with E-state index in [0.717, 1.165) is 11.1 Å². The van der Waals surface area contributed by atoms with Crippen molar-refractivity contribution < 1.29 is 23.4 Å². The van der Waals surface area contributed by atoms with Crippen molar-refractivity contribution in [3.63, 3.8) is 0 Å². The summed E-state index contributed by atoms with van der Waals surface area (Å²) in [5, 5.41) is 11.5. The zero-order valence-electron chi connectivity index (χ0n) is 17.9. The van der Waals surface area contributed by atoms with Gasteiger partial charge in [-0.3, -0.25) is 0 Å². The average molecular weight is 454 g/mol. The first kappa shape index (κ1) is 22.4. The summed E-state index contributed by atoms with van der Waals surface area (Å²) in [5.74, 6) is -3.80. The van der Waals surface area contributed by atoms with E-state index in [1.165, 1.54) is 18.2 Å². The molecule has 1 aliphatic heterocycles. The average Bonchev–Trinajstić information content (AvgIpc) is 3.17. The number of hydrogen-bond donors (Lipinski definition) is 1. The van der Waals surface area contributed by atoms with Crippen molar-refractivity contribution in [3.8, 4) is 17.1 Å². The molecule has 0 bridgehead atoms. The fraction of sp³-hybridized carbons (Fsp3) is 0.304. The molecule has 1 aliphatic rings. The second-order valence-corrected chi connectivity index (χ2v) is 7.78. The Morgan fingerprint density at radius 1 is 1.21 bits per heavy atom. The van der Waals surface area contributed by atoms with Gasteiger partial charge in [-0.15, -0.1) is 0 Å². The van der Waals surface area contributed by atoms with Gasteiger partial charge in [0, 0.05) is 36.5 Å². The number of benzene rings is 1. The number of aromatic nitrogens is 3. The normalized spacial score (nSPS) is 14.9. The molecule has 2 aromatic heterocycles. The number of halogens is 2. The van der Waals surface area contributed by atoms with Gasteiger partial charge in [-0.05, 0) is 30.0 Å². The van der Waals surface area contributed by atoms with E-state index in [-0.39, 0.29) is 31.0 Å². The molecule has 0 spiro atoms. The summed E-state index contributed by atoms with van der Waals surface area (Å²) in [5.41, 5.74) is 9.26. The summed E-state index contributed by atoms with van der Waals surface area (Å²) >= 11 is 0. The number of carboxylic acid groups (broad SMARTS) is 1. The van der Waals surface area contributed by atoms with Crippen LogP contribution in [-0.2, 0) is 12.8 Å². The fourth-order valence-electron chi connectivity index (χ4n) is 3.98. The second kappa shape index (κ2) is 8.97. The first-order valence-electron chi connectivity index (χ1n) is 10.4. The Morgan fingerprint density at radius 3 is 2.70 bits per heavy atom. The lowest BCUT2D eigenvalue weighted by molar-refractivity contribution is -0.255. The molecule has 33 heavy (non-hydrogen) atoms. The van der Waals surface area contributed by atoms with Crippen LogP contribution in [0.25, 0.3) is 11.1 Å². The first-order chi connectivity index (χ1) is 15.8. The van der Waals surface area contributed by atoms with E-state index in [9.17, 15) is 18.7 Å². The minimum absolute atomic E-state index is 0.0636. The number of nitrogen functional groups attached to an aromatic ring is 1. The number of hydrogen-bond acceptors (Lipinski definition) is 8. The highest BCUT2D eigenvalue weighted by Gasteiger charge is 2.39. The maximum Gasteiger partial charge on any atom is 0.316 e. The van der Waals surface area contributed by atoms with Crippen molar-refractivity contribution in [1.82, 2.24) is 15.0 Å². The minimum atomic E-state index is -2.77. The van der Waals surface area contributed by atoms with E-state index in [0.29, 0.717) is 29.2 Å². The van der Waals surface area contributed by atoms with Crippen LogP contribution in [0.1, 0.15) is 28.0 Å². The molecule has 0 amide bonds. The number of carbonyl (C=O) groups is 1. The standard InChI is InChI=1S/C23H23F2N5O3/c1-33-22-28-12-17(21(31)32)18(29-22)7-6-14-4-2-3-5-15(14)16-8-10-27-20(19(16)26)30-11-9-23(24,25)13-30/h2-5,8,10,12H,6-7,9,11,13,26H2,1H3,(H,31,32)/p-1. The zero-order chi connectivity index (χ0) is 23.6.